The smallest absolute Gasteiger partial charge is 0.262 e. The van der Waals surface area contributed by atoms with Crippen LogP contribution in [0.25, 0.3) is 0 Å². The zero-order chi connectivity index (χ0) is 14.5. The van der Waals surface area contributed by atoms with Crippen LogP contribution < -0.4 is 11.1 Å². The van der Waals surface area contributed by atoms with E-state index >= 15 is 0 Å². The average molecular weight is 288 g/mol. The minimum absolute atomic E-state index is 0.260. The molecule has 20 heavy (non-hydrogen) atoms. The van der Waals surface area contributed by atoms with E-state index < -0.39 is 11.9 Å². The topological polar surface area (TPSA) is 72.2 Å². The number of thiophene rings is 1. The summed E-state index contributed by atoms with van der Waals surface area (Å²) >= 11 is 1.37. The molecule has 3 N–H and O–H groups in total. The Morgan fingerprint density at radius 3 is 2.55 bits per heavy atom. The quantitative estimate of drug-likeness (QED) is 0.886. The van der Waals surface area contributed by atoms with Gasteiger partial charge in [-0.3, -0.25) is 9.59 Å². The lowest BCUT2D eigenvalue weighted by Gasteiger charge is -2.15. The molecular formula is C15H16N2O2S. The molecule has 0 radical (unpaired) electrons. The summed E-state index contributed by atoms with van der Waals surface area (Å²) in [5, 5.41) is 4.58. The van der Waals surface area contributed by atoms with Crippen LogP contribution >= 0.6 is 11.3 Å². The molecule has 104 valence electrons. The number of amides is 2. The van der Waals surface area contributed by atoms with E-state index in [1.807, 2.05) is 24.4 Å². The van der Waals surface area contributed by atoms with Crippen molar-refractivity contribution in [3.8, 4) is 0 Å². The predicted octanol–water partition coefficient (Wildman–Crippen LogP) is 2.27. The van der Waals surface area contributed by atoms with Crippen molar-refractivity contribution in [3.05, 3.63) is 57.8 Å². The van der Waals surface area contributed by atoms with Crippen molar-refractivity contribution in [3.63, 3.8) is 0 Å². The molecule has 1 aromatic heterocycles. The number of aryl methyl sites for hydroxylation is 1. The van der Waals surface area contributed by atoms with Crippen LogP contribution in [-0.4, -0.2) is 11.8 Å². The molecule has 1 aromatic carbocycles. The first kappa shape index (κ1) is 14.3. The number of carbonyl (C=O) groups excluding carboxylic acids is 2. The third-order valence-corrected chi connectivity index (χ3v) is 3.98. The zero-order valence-corrected chi connectivity index (χ0v) is 11.9. The summed E-state index contributed by atoms with van der Waals surface area (Å²) in [6, 6.07) is 10.1. The Bertz CT molecular complexity index is 607. The number of primary amides is 1. The second kappa shape index (κ2) is 6.34. The highest BCUT2D eigenvalue weighted by Gasteiger charge is 2.22. The summed E-state index contributed by atoms with van der Waals surface area (Å²) < 4.78 is 0. The Morgan fingerprint density at radius 1 is 1.25 bits per heavy atom. The fraction of sp³-hybridized carbons (Fsp3) is 0.200. The van der Waals surface area contributed by atoms with Gasteiger partial charge in [-0.1, -0.05) is 37.3 Å². The maximum Gasteiger partial charge on any atom is 0.262 e. The molecule has 0 bridgehead atoms. The highest BCUT2D eigenvalue weighted by Crippen LogP contribution is 2.19. The molecular weight excluding hydrogens is 272 g/mol. The van der Waals surface area contributed by atoms with Crippen molar-refractivity contribution in [1.82, 2.24) is 5.32 Å². The van der Waals surface area contributed by atoms with Crippen LogP contribution in [-0.2, 0) is 11.2 Å². The number of nitrogens with two attached hydrogens (primary N) is 1. The number of hydrogen-bond donors (Lipinski definition) is 2. The summed E-state index contributed by atoms with van der Waals surface area (Å²) in [6.07, 6.45) is 0.777. The van der Waals surface area contributed by atoms with Crippen molar-refractivity contribution in [2.45, 2.75) is 19.4 Å². The Hall–Kier alpha value is -2.14. The van der Waals surface area contributed by atoms with Crippen LogP contribution in [0.2, 0.25) is 0 Å². The third kappa shape index (κ3) is 3.05. The first-order chi connectivity index (χ1) is 9.63. The van der Waals surface area contributed by atoms with Crippen molar-refractivity contribution in [1.29, 1.82) is 0 Å². The van der Waals surface area contributed by atoms with Gasteiger partial charge in [0.1, 0.15) is 6.04 Å². The van der Waals surface area contributed by atoms with E-state index in [1.165, 1.54) is 11.3 Å². The van der Waals surface area contributed by atoms with Gasteiger partial charge >= 0.3 is 0 Å². The van der Waals surface area contributed by atoms with Gasteiger partial charge in [-0.05, 0) is 29.0 Å². The van der Waals surface area contributed by atoms with Gasteiger partial charge < -0.3 is 11.1 Å². The molecule has 1 atom stereocenters. The standard InChI is InChI=1S/C15H16N2O2S/c1-2-10-8-9-20-13(10)15(19)17-12(14(16)18)11-6-4-3-5-7-11/h3-9,12H,2H2,1H3,(H2,16,18)(H,17,19). The number of benzene rings is 1. The second-order valence-corrected chi connectivity index (χ2v) is 5.26. The molecule has 0 spiro atoms. The lowest BCUT2D eigenvalue weighted by Crippen LogP contribution is -2.37. The van der Waals surface area contributed by atoms with Crippen LogP contribution in [0.3, 0.4) is 0 Å². The second-order valence-electron chi connectivity index (χ2n) is 4.35. The van der Waals surface area contributed by atoms with E-state index in [0.29, 0.717) is 10.4 Å². The molecule has 1 unspecified atom stereocenters. The first-order valence-electron chi connectivity index (χ1n) is 6.35. The van der Waals surface area contributed by atoms with Gasteiger partial charge in [0.05, 0.1) is 4.88 Å². The van der Waals surface area contributed by atoms with Crippen LogP contribution in [0, 0.1) is 0 Å². The van der Waals surface area contributed by atoms with Crippen molar-refractivity contribution >= 4 is 23.2 Å². The Morgan fingerprint density at radius 2 is 1.95 bits per heavy atom. The van der Waals surface area contributed by atoms with Crippen LogP contribution in [0.1, 0.15) is 33.8 Å². The number of rotatable bonds is 5. The summed E-state index contributed by atoms with van der Waals surface area (Å²) in [4.78, 5) is 24.5. The fourth-order valence-electron chi connectivity index (χ4n) is 1.97. The van der Waals surface area contributed by atoms with Crippen LogP contribution in [0.4, 0.5) is 0 Å². The van der Waals surface area contributed by atoms with Gasteiger partial charge in [-0.2, -0.15) is 0 Å². The molecule has 0 saturated heterocycles. The third-order valence-electron chi connectivity index (χ3n) is 3.03. The van der Waals surface area contributed by atoms with E-state index in [1.54, 1.807) is 24.3 Å². The molecule has 0 fully saturated rings. The van der Waals surface area contributed by atoms with E-state index in [2.05, 4.69) is 5.32 Å². The molecule has 1 heterocycles. The summed E-state index contributed by atoms with van der Waals surface area (Å²) in [6.45, 7) is 1.99. The van der Waals surface area contributed by atoms with Gasteiger partial charge in [-0.15, -0.1) is 11.3 Å². The molecule has 2 aromatic rings. The van der Waals surface area contributed by atoms with Gasteiger partial charge in [0.2, 0.25) is 5.91 Å². The number of hydrogen-bond acceptors (Lipinski definition) is 3. The molecule has 4 nitrogen and oxygen atoms in total. The lowest BCUT2D eigenvalue weighted by molar-refractivity contribution is -0.120. The normalized spacial score (nSPS) is 11.8. The maximum absolute atomic E-state index is 12.3. The molecule has 5 heteroatoms. The van der Waals surface area contributed by atoms with Crippen molar-refractivity contribution in [2.24, 2.45) is 5.73 Å². The summed E-state index contributed by atoms with van der Waals surface area (Å²) in [5.74, 6) is -0.830. The average Bonchev–Trinajstić information content (AvgIpc) is 2.93. The number of carbonyl (C=O) groups is 2. The lowest BCUT2D eigenvalue weighted by atomic mass is 10.1. The van der Waals surface area contributed by atoms with Crippen LogP contribution in [0.5, 0.6) is 0 Å². The van der Waals surface area contributed by atoms with Gasteiger partial charge in [0.15, 0.2) is 0 Å². The Kier molecular flexibility index (Phi) is 4.53. The Balaban J connectivity index is 2.21. The van der Waals surface area contributed by atoms with E-state index in [9.17, 15) is 9.59 Å². The van der Waals surface area contributed by atoms with Crippen LogP contribution in [0.15, 0.2) is 41.8 Å². The van der Waals surface area contributed by atoms with Crippen molar-refractivity contribution in [2.75, 3.05) is 0 Å². The van der Waals surface area contributed by atoms with Crippen molar-refractivity contribution < 1.29 is 9.59 Å². The SMILES string of the molecule is CCc1ccsc1C(=O)NC(C(N)=O)c1ccccc1. The minimum atomic E-state index is -0.810. The van der Waals surface area contributed by atoms with E-state index in [-0.39, 0.29) is 5.91 Å². The molecule has 0 aliphatic rings. The first-order valence-corrected chi connectivity index (χ1v) is 7.23. The summed E-state index contributed by atoms with van der Waals surface area (Å²) in [7, 11) is 0. The zero-order valence-electron chi connectivity index (χ0n) is 11.1. The van der Waals surface area contributed by atoms with Gasteiger partial charge in [0, 0.05) is 0 Å². The Labute approximate surface area is 121 Å². The highest BCUT2D eigenvalue weighted by molar-refractivity contribution is 7.12. The predicted molar refractivity (Wildman–Crippen MR) is 79.5 cm³/mol. The molecule has 0 saturated carbocycles. The maximum atomic E-state index is 12.3. The minimum Gasteiger partial charge on any atom is -0.368 e. The largest absolute Gasteiger partial charge is 0.368 e. The molecule has 0 aliphatic heterocycles. The molecule has 0 aliphatic carbocycles. The van der Waals surface area contributed by atoms with E-state index in [4.69, 9.17) is 5.73 Å². The monoisotopic (exact) mass is 288 g/mol. The molecule has 2 rings (SSSR count). The summed E-state index contributed by atoms with van der Waals surface area (Å²) in [5.41, 5.74) is 7.05. The van der Waals surface area contributed by atoms with E-state index in [0.717, 1.165) is 12.0 Å². The fourth-order valence-corrected chi connectivity index (χ4v) is 2.87. The van der Waals surface area contributed by atoms with Gasteiger partial charge in [0.25, 0.3) is 5.91 Å². The number of nitrogens with one attached hydrogen (secondary N) is 1. The molecule has 2 amide bonds. The van der Waals surface area contributed by atoms with Gasteiger partial charge in [-0.25, -0.2) is 0 Å². The highest BCUT2D eigenvalue weighted by atomic mass is 32.1.